The maximum Gasteiger partial charge on any atom is 0.328 e. The molecule has 2 fully saturated rings. The zero-order valence-electron chi connectivity index (χ0n) is 23.7. The minimum atomic E-state index is -1.37. The zero-order valence-corrected chi connectivity index (χ0v) is 23.7. The fourth-order valence-electron chi connectivity index (χ4n) is 4.93. The lowest BCUT2D eigenvalue weighted by Crippen LogP contribution is -2.54. The van der Waals surface area contributed by atoms with E-state index in [0.717, 1.165) is 19.8 Å². The Morgan fingerprint density at radius 2 is 1.52 bits per heavy atom. The number of ether oxygens (including phenoxy) is 2. The summed E-state index contributed by atoms with van der Waals surface area (Å²) >= 11 is 0. The van der Waals surface area contributed by atoms with E-state index in [1.165, 1.54) is 4.90 Å². The number of nitrogens with one attached hydrogen (secondary N) is 4. The Morgan fingerprint density at radius 3 is 2.21 bits per heavy atom. The maximum atomic E-state index is 13.2. The average Bonchev–Trinajstić information content (AvgIpc) is 3.48. The van der Waals surface area contributed by atoms with E-state index in [4.69, 9.17) is 9.47 Å². The van der Waals surface area contributed by atoms with E-state index >= 15 is 0 Å². The number of hydrogen-bond donors (Lipinski definition) is 4. The van der Waals surface area contributed by atoms with Crippen LogP contribution in [0.2, 0.25) is 0 Å². The molecule has 1 aromatic carbocycles. The number of carbonyl (C=O) groups is 7. The van der Waals surface area contributed by atoms with Gasteiger partial charge in [-0.05, 0) is 24.8 Å². The summed E-state index contributed by atoms with van der Waals surface area (Å²) in [5, 5.41) is 10.3. The third-order valence-corrected chi connectivity index (χ3v) is 7.12. The van der Waals surface area contributed by atoms with Crippen molar-refractivity contribution in [3.8, 4) is 0 Å². The standard InChI is InChI=1S/C28H37N5O9/c1-41-27(39)18-10-11-24(36)33-14-6-9-21(33)26(38)32-20(28(40)42-2)16-23(35)31-19(15-17-7-4-3-5-8-17)25(37)29-13-12-22(34)30-18/h3-5,7-8,18-21H,6,9-16H2,1-2H3,(H,29,37)(H,30,34)(H,31,35)(H,32,38)/t18?,19-,20?,21-/m0/s1. The van der Waals surface area contributed by atoms with Crippen molar-refractivity contribution in [2.24, 2.45) is 0 Å². The second kappa shape index (κ2) is 15.5. The van der Waals surface area contributed by atoms with Crippen molar-refractivity contribution < 1.29 is 43.0 Å². The normalized spacial score (nSPS) is 24.9. The molecule has 2 aliphatic heterocycles. The number of amides is 5. The number of rotatable bonds is 4. The summed E-state index contributed by atoms with van der Waals surface area (Å²) in [6, 6.07) is 4.46. The van der Waals surface area contributed by atoms with Gasteiger partial charge in [0.05, 0.1) is 20.6 Å². The summed E-state index contributed by atoms with van der Waals surface area (Å²) < 4.78 is 9.56. The fraction of sp³-hybridized carbons (Fsp3) is 0.536. The van der Waals surface area contributed by atoms with E-state index in [0.29, 0.717) is 12.8 Å². The van der Waals surface area contributed by atoms with E-state index in [1.807, 2.05) is 0 Å². The van der Waals surface area contributed by atoms with E-state index < -0.39 is 72.1 Å². The highest BCUT2D eigenvalue weighted by atomic mass is 16.5. The summed E-state index contributed by atoms with van der Waals surface area (Å²) in [7, 11) is 2.27. The van der Waals surface area contributed by atoms with Crippen LogP contribution in [0.4, 0.5) is 0 Å². The van der Waals surface area contributed by atoms with E-state index in [9.17, 15) is 33.6 Å². The van der Waals surface area contributed by atoms with Gasteiger partial charge in [0.25, 0.3) is 0 Å². The van der Waals surface area contributed by atoms with Crippen LogP contribution < -0.4 is 21.3 Å². The summed E-state index contributed by atoms with van der Waals surface area (Å²) in [5.74, 6) is -4.50. The molecule has 3 rings (SSSR count). The first-order valence-electron chi connectivity index (χ1n) is 13.8. The van der Waals surface area contributed by atoms with Gasteiger partial charge in [-0.1, -0.05) is 30.3 Å². The van der Waals surface area contributed by atoms with Crippen LogP contribution in [0.15, 0.2) is 30.3 Å². The maximum absolute atomic E-state index is 13.2. The number of carbonyl (C=O) groups excluding carboxylic acids is 7. The molecular formula is C28H37N5O9. The van der Waals surface area contributed by atoms with Gasteiger partial charge in [0.1, 0.15) is 24.2 Å². The molecule has 4 atom stereocenters. The molecule has 5 amide bonds. The number of fused-ring (bicyclic) bond motifs is 1. The smallest absolute Gasteiger partial charge is 0.328 e. The van der Waals surface area contributed by atoms with Gasteiger partial charge in [-0.15, -0.1) is 0 Å². The molecule has 2 saturated heterocycles. The van der Waals surface area contributed by atoms with Gasteiger partial charge >= 0.3 is 11.9 Å². The largest absolute Gasteiger partial charge is 0.467 e. The number of benzene rings is 1. The fourth-order valence-corrected chi connectivity index (χ4v) is 4.93. The van der Waals surface area contributed by atoms with Crippen LogP contribution in [-0.4, -0.2) is 97.9 Å². The Morgan fingerprint density at radius 1 is 0.833 bits per heavy atom. The lowest BCUT2D eigenvalue weighted by atomic mass is 10.0. The molecule has 228 valence electrons. The van der Waals surface area contributed by atoms with Gasteiger partial charge in [0.15, 0.2) is 0 Å². The first-order chi connectivity index (χ1) is 20.1. The van der Waals surface area contributed by atoms with E-state index in [-0.39, 0.29) is 38.8 Å². The summed E-state index contributed by atoms with van der Waals surface area (Å²) in [6.45, 7) is 0.180. The second-order valence-corrected chi connectivity index (χ2v) is 10.1. The molecule has 2 aliphatic rings. The first-order valence-corrected chi connectivity index (χ1v) is 13.8. The predicted octanol–water partition coefficient (Wildman–Crippen LogP) is -1.29. The molecule has 2 heterocycles. The molecule has 0 aromatic heterocycles. The van der Waals surface area contributed by atoms with Crippen molar-refractivity contribution in [3.05, 3.63) is 35.9 Å². The highest BCUT2D eigenvalue weighted by Crippen LogP contribution is 2.20. The molecule has 42 heavy (non-hydrogen) atoms. The first kappa shape index (κ1) is 32.0. The highest BCUT2D eigenvalue weighted by Gasteiger charge is 2.37. The van der Waals surface area contributed by atoms with Gasteiger partial charge in [-0.3, -0.25) is 24.0 Å². The average molecular weight is 588 g/mol. The molecule has 0 spiro atoms. The van der Waals surface area contributed by atoms with Crippen molar-refractivity contribution in [1.82, 2.24) is 26.2 Å². The molecular weight excluding hydrogens is 550 g/mol. The molecule has 0 radical (unpaired) electrons. The predicted molar refractivity (Wildman–Crippen MR) is 146 cm³/mol. The summed E-state index contributed by atoms with van der Waals surface area (Å²) in [4.78, 5) is 91.1. The minimum absolute atomic E-state index is 0.0726. The SMILES string of the molecule is COC(=O)C1CCC(=O)N2CCC[C@H]2C(=O)NC(C(=O)OC)CC(=O)N[C@@H](Cc2ccccc2)C(=O)NCCC(=O)N1. The van der Waals surface area contributed by atoms with Crippen LogP contribution in [0.1, 0.15) is 44.1 Å². The number of methoxy groups -OCH3 is 2. The van der Waals surface area contributed by atoms with Crippen molar-refractivity contribution >= 4 is 41.5 Å². The Kier molecular flexibility index (Phi) is 11.8. The molecule has 4 N–H and O–H groups in total. The van der Waals surface area contributed by atoms with E-state index in [1.54, 1.807) is 30.3 Å². The molecule has 1 aromatic rings. The van der Waals surface area contributed by atoms with Gasteiger partial charge in [-0.25, -0.2) is 9.59 Å². The minimum Gasteiger partial charge on any atom is -0.467 e. The monoisotopic (exact) mass is 587 g/mol. The Bertz CT molecular complexity index is 1180. The Balaban J connectivity index is 1.87. The zero-order chi connectivity index (χ0) is 30.6. The number of nitrogens with zero attached hydrogens (tertiary/aromatic N) is 1. The van der Waals surface area contributed by atoms with Crippen molar-refractivity contribution in [3.63, 3.8) is 0 Å². The molecule has 14 heteroatoms. The van der Waals surface area contributed by atoms with Crippen molar-refractivity contribution in [1.29, 1.82) is 0 Å². The van der Waals surface area contributed by atoms with Crippen LogP contribution in [0.5, 0.6) is 0 Å². The quantitative estimate of drug-likeness (QED) is 0.311. The van der Waals surface area contributed by atoms with Crippen LogP contribution in [0.3, 0.4) is 0 Å². The topological polar surface area (TPSA) is 189 Å². The van der Waals surface area contributed by atoms with Crippen LogP contribution in [-0.2, 0) is 49.5 Å². The van der Waals surface area contributed by atoms with Crippen LogP contribution in [0.25, 0.3) is 0 Å². The number of esters is 2. The van der Waals surface area contributed by atoms with Gasteiger partial charge < -0.3 is 35.6 Å². The van der Waals surface area contributed by atoms with Crippen molar-refractivity contribution in [2.45, 2.75) is 69.1 Å². The highest BCUT2D eigenvalue weighted by molar-refractivity contribution is 5.95. The molecule has 0 bridgehead atoms. The lowest BCUT2D eigenvalue weighted by molar-refractivity contribution is -0.148. The Labute approximate surface area is 243 Å². The Hall–Kier alpha value is -4.49. The van der Waals surface area contributed by atoms with Crippen molar-refractivity contribution in [2.75, 3.05) is 27.3 Å². The molecule has 0 aliphatic carbocycles. The van der Waals surface area contributed by atoms with Crippen LogP contribution >= 0.6 is 0 Å². The van der Waals surface area contributed by atoms with Gasteiger partial charge in [-0.2, -0.15) is 0 Å². The second-order valence-electron chi connectivity index (χ2n) is 10.1. The van der Waals surface area contributed by atoms with E-state index in [2.05, 4.69) is 21.3 Å². The molecule has 14 nitrogen and oxygen atoms in total. The molecule has 0 saturated carbocycles. The van der Waals surface area contributed by atoms with Crippen LogP contribution in [0, 0.1) is 0 Å². The lowest BCUT2D eigenvalue weighted by Gasteiger charge is -2.26. The van der Waals surface area contributed by atoms with Gasteiger partial charge in [0, 0.05) is 32.4 Å². The third kappa shape index (κ3) is 9.01. The summed E-state index contributed by atoms with van der Waals surface area (Å²) in [6.07, 6.45) is 0.0384. The number of hydrogen-bond acceptors (Lipinski definition) is 9. The molecule has 2 unspecified atom stereocenters. The van der Waals surface area contributed by atoms with Gasteiger partial charge in [0.2, 0.25) is 29.5 Å². The third-order valence-electron chi connectivity index (χ3n) is 7.12. The summed E-state index contributed by atoms with van der Waals surface area (Å²) in [5.41, 5.74) is 0.749.